The molecule has 0 fully saturated rings. The fraction of sp³-hybridized carbons (Fsp3) is 0.143. The van der Waals surface area contributed by atoms with Crippen molar-refractivity contribution in [2.75, 3.05) is 0 Å². The molecule has 1 nitrogen and oxygen atoms in total. The van der Waals surface area contributed by atoms with Crippen molar-refractivity contribution < 1.29 is 4.80 Å². The monoisotopic (exact) mass is 226 g/mol. The lowest BCUT2D eigenvalue weighted by molar-refractivity contribution is 0.570. The van der Waals surface area contributed by atoms with Gasteiger partial charge in [-0.05, 0) is 29.9 Å². The Morgan fingerprint density at radius 2 is 1.69 bits per heavy atom. The van der Waals surface area contributed by atoms with Crippen molar-refractivity contribution in [3.05, 3.63) is 48.0 Å². The first-order valence-corrected chi connectivity index (χ1v) is 8.24. The van der Waals surface area contributed by atoms with Crippen LogP contribution in [0, 0.1) is 11.5 Å². The highest BCUT2D eigenvalue weighted by Gasteiger charge is 2.11. The van der Waals surface area contributed by atoms with Gasteiger partial charge in [-0.25, -0.2) is 0 Å². The minimum absolute atomic E-state index is 0.993. The fourth-order valence-electron chi connectivity index (χ4n) is 1.55. The van der Waals surface area contributed by atoms with E-state index in [1.807, 2.05) is 37.4 Å². The van der Waals surface area contributed by atoms with Crippen LogP contribution >= 0.6 is 0 Å². The van der Waals surface area contributed by atoms with Gasteiger partial charge in [0.25, 0.3) is 8.32 Å². The third kappa shape index (κ3) is 2.51. The molecular weight excluding hydrogens is 212 g/mol. The van der Waals surface area contributed by atoms with Gasteiger partial charge in [0.2, 0.25) is 0 Å². The van der Waals surface area contributed by atoms with Crippen LogP contribution in [0.3, 0.4) is 0 Å². The SMILES string of the molecule is C[Si](C)(O)C#Cc1cccc2ccccc12. The molecule has 0 amide bonds. The van der Waals surface area contributed by atoms with E-state index in [0.29, 0.717) is 0 Å². The van der Waals surface area contributed by atoms with E-state index in [9.17, 15) is 4.80 Å². The number of hydrogen-bond acceptors (Lipinski definition) is 1. The molecule has 0 heterocycles. The van der Waals surface area contributed by atoms with Crippen molar-refractivity contribution in [3.8, 4) is 11.5 Å². The lowest BCUT2D eigenvalue weighted by Gasteiger charge is -2.03. The maximum Gasteiger partial charge on any atom is 0.263 e. The third-order valence-corrected chi connectivity index (χ3v) is 3.03. The third-order valence-electron chi connectivity index (χ3n) is 2.29. The first-order valence-electron chi connectivity index (χ1n) is 5.29. The molecule has 2 aromatic carbocycles. The summed E-state index contributed by atoms with van der Waals surface area (Å²) in [7, 11) is -2.29. The summed E-state index contributed by atoms with van der Waals surface area (Å²) in [6.07, 6.45) is 0. The number of hydrogen-bond donors (Lipinski definition) is 1. The van der Waals surface area contributed by atoms with E-state index in [-0.39, 0.29) is 0 Å². The van der Waals surface area contributed by atoms with E-state index in [1.165, 1.54) is 5.39 Å². The molecule has 0 aliphatic rings. The van der Waals surface area contributed by atoms with Crippen molar-refractivity contribution in [1.29, 1.82) is 0 Å². The molecule has 0 atom stereocenters. The summed E-state index contributed by atoms with van der Waals surface area (Å²) in [4.78, 5) is 9.72. The minimum Gasteiger partial charge on any atom is -0.422 e. The van der Waals surface area contributed by atoms with Crippen LogP contribution in [-0.4, -0.2) is 13.1 Å². The van der Waals surface area contributed by atoms with Crippen LogP contribution in [0.5, 0.6) is 0 Å². The van der Waals surface area contributed by atoms with Gasteiger partial charge in [0.05, 0.1) is 0 Å². The Kier molecular flexibility index (Phi) is 2.82. The van der Waals surface area contributed by atoms with Crippen molar-refractivity contribution in [2.24, 2.45) is 0 Å². The molecule has 2 heteroatoms. The summed E-state index contributed by atoms with van der Waals surface area (Å²) < 4.78 is 0. The Hall–Kier alpha value is -1.56. The topological polar surface area (TPSA) is 20.2 Å². The quantitative estimate of drug-likeness (QED) is 0.541. The second kappa shape index (κ2) is 4.13. The molecule has 0 bridgehead atoms. The predicted octanol–water partition coefficient (Wildman–Crippen LogP) is 2.93. The van der Waals surface area contributed by atoms with Crippen LogP contribution in [0.25, 0.3) is 10.8 Å². The standard InChI is InChI=1S/C14H14OSi/c1-16(2,15)11-10-13-8-5-7-12-6-3-4-9-14(12)13/h3-9,15H,1-2H3. The Labute approximate surface area is 96.9 Å². The fourth-order valence-corrected chi connectivity index (χ4v) is 2.00. The summed E-state index contributed by atoms with van der Waals surface area (Å²) in [5.41, 5.74) is 3.97. The van der Waals surface area contributed by atoms with Gasteiger partial charge in [0.1, 0.15) is 0 Å². The Morgan fingerprint density at radius 1 is 1.00 bits per heavy atom. The predicted molar refractivity (Wildman–Crippen MR) is 70.5 cm³/mol. The van der Waals surface area contributed by atoms with Crippen LogP contribution < -0.4 is 0 Å². The van der Waals surface area contributed by atoms with Crippen LogP contribution in [-0.2, 0) is 0 Å². The average Bonchev–Trinajstić information content (AvgIpc) is 2.25. The van der Waals surface area contributed by atoms with Gasteiger partial charge in [-0.2, -0.15) is 0 Å². The molecule has 2 aromatic rings. The molecular formula is C14H14OSi. The molecule has 1 N–H and O–H groups in total. The Bertz CT molecular complexity index is 565. The van der Waals surface area contributed by atoms with Crippen molar-refractivity contribution in [3.63, 3.8) is 0 Å². The zero-order chi connectivity index (χ0) is 11.6. The molecule has 16 heavy (non-hydrogen) atoms. The molecule has 0 aliphatic heterocycles. The van der Waals surface area contributed by atoms with Crippen LogP contribution in [0.15, 0.2) is 42.5 Å². The van der Waals surface area contributed by atoms with Gasteiger partial charge in [-0.1, -0.05) is 47.9 Å². The lowest BCUT2D eigenvalue weighted by Crippen LogP contribution is -2.22. The Balaban J connectivity index is 2.56. The van der Waals surface area contributed by atoms with Crippen molar-refractivity contribution in [2.45, 2.75) is 13.1 Å². The maximum absolute atomic E-state index is 9.72. The molecule has 0 saturated carbocycles. The van der Waals surface area contributed by atoms with Gasteiger partial charge in [-0.15, -0.1) is 0 Å². The molecule has 0 spiro atoms. The van der Waals surface area contributed by atoms with E-state index < -0.39 is 8.32 Å². The summed E-state index contributed by atoms with van der Waals surface area (Å²) in [6, 6.07) is 14.2. The van der Waals surface area contributed by atoms with Crippen molar-refractivity contribution in [1.82, 2.24) is 0 Å². The highest BCUT2D eigenvalue weighted by atomic mass is 28.4. The second-order valence-electron chi connectivity index (χ2n) is 4.34. The average molecular weight is 226 g/mol. The summed E-state index contributed by atoms with van der Waals surface area (Å²) in [5.74, 6) is 3.09. The van der Waals surface area contributed by atoms with Crippen LogP contribution in [0.2, 0.25) is 13.1 Å². The highest BCUT2D eigenvalue weighted by Crippen LogP contribution is 2.17. The van der Waals surface area contributed by atoms with E-state index in [4.69, 9.17) is 0 Å². The molecule has 0 aliphatic carbocycles. The van der Waals surface area contributed by atoms with Crippen LogP contribution in [0.4, 0.5) is 0 Å². The van der Waals surface area contributed by atoms with Gasteiger partial charge in [0, 0.05) is 5.56 Å². The Morgan fingerprint density at radius 3 is 2.44 bits per heavy atom. The lowest BCUT2D eigenvalue weighted by atomic mass is 10.1. The van der Waals surface area contributed by atoms with Gasteiger partial charge < -0.3 is 4.80 Å². The van der Waals surface area contributed by atoms with E-state index >= 15 is 0 Å². The van der Waals surface area contributed by atoms with Gasteiger partial charge in [0.15, 0.2) is 0 Å². The number of rotatable bonds is 0. The second-order valence-corrected chi connectivity index (χ2v) is 7.70. The highest BCUT2D eigenvalue weighted by molar-refractivity contribution is 6.78. The van der Waals surface area contributed by atoms with E-state index in [1.54, 1.807) is 0 Å². The smallest absolute Gasteiger partial charge is 0.263 e. The summed E-state index contributed by atoms with van der Waals surface area (Å²) in [6.45, 7) is 3.65. The zero-order valence-corrected chi connectivity index (χ0v) is 10.5. The van der Waals surface area contributed by atoms with E-state index in [2.05, 4.69) is 29.7 Å². The van der Waals surface area contributed by atoms with Gasteiger partial charge >= 0.3 is 0 Å². The van der Waals surface area contributed by atoms with E-state index in [0.717, 1.165) is 10.9 Å². The largest absolute Gasteiger partial charge is 0.422 e. The molecule has 2 rings (SSSR count). The first-order chi connectivity index (χ1) is 7.56. The summed E-state index contributed by atoms with van der Waals surface area (Å²) in [5, 5.41) is 2.34. The number of benzene rings is 2. The maximum atomic E-state index is 9.72. The molecule has 0 saturated heterocycles. The molecule has 80 valence electrons. The zero-order valence-electron chi connectivity index (χ0n) is 9.49. The molecule has 0 radical (unpaired) electrons. The first kappa shape index (κ1) is 10.9. The minimum atomic E-state index is -2.29. The molecule has 0 aromatic heterocycles. The van der Waals surface area contributed by atoms with Crippen molar-refractivity contribution >= 4 is 19.1 Å². The number of fused-ring (bicyclic) bond motifs is 1. The molecule has 0 unspecified atom stereocenters. The summed E-state index contributed by atoms with van der Waals surface area (Å²) >= 11 is 0. The van der Waals surface area contributed by atoms with Crippen LogP contribution in [0.1, 0.15) is 5.56 Å². The van der Waals surface area contributed by atoms with Gasteiger partial charge in [-0.3, -0.25) is 0 Å². The normalized spacial score (nSPS) is 10.9.